The molecular weight excluding hydrogens is 302 g/mol. The van der Waals surface area contributed by atoms with E-state index in [4.69, 9.17) is 9.47 Å². The molecular formula is C20H21NO3. The van der Waals surface area contributed by atoms with Gasteiger partial charge in [0.15, 0.2) is 0 Å². The highest BCUT2D eigenvalue weighted by Crippen LogP contribution is 2.32. The minimum absolute atomic E-state index is 0.309. The number of ether oxygens (including phenoxy) is 2. The summed E-state index contributed by atoms with van der Waals surface area (Å²) >= 11 is 0. The summed E-state index contributed by atoms with van der Waals surface area (Å²) in [6.45, 7) is 4.13. The van der Waals surface area contributed by atoms with Gasteiger partial charge >= 0.3 is 5.97 Å². The van der Waals surface area contributed by atoms with E-state index in [2.05, 4.69) is 12.1 Å². The van der Waals surface area contributed by atoms with Crippen molar-refractivity contribution in [3.8, 4) is 5.75 Å². The predicted octanol–water partition coefficient (Wildman–Crippen LogP) is 4.02. The molecule has 3 aromatic rings. The van der Waals surface area contributed by atoms with Gasteiger partial charge in [-0.3, -0.25) is 0 Å². The number of rotatable bonds is 5. The first kappa shape index (κ1) is 16.1. The summed E-state index contributed by atoms with van der Waals surface area (Å²) in [4.78, 5) is 12.5. The molecule has 2 aromatic heterocycles. The van der Waals surface area contributed by atoms with Crippen molar-refractivity contribution in [2.24, 2.45) is 0 Å². The Morgan fingerprint density at radius 3 is 2.54 bits per heavy atom. The van der Waals surface area contributed by atoms with Gasteiger partial charge in [-0.15, -0.1) is 0 Å². The molecule has 3 rings (SSSR count). The topological polar surface area (TPSA) is 39.9 Å². The summed E-state index contributed by atoms with van der Waals surface area (Å²) in [6.07, 6.45) is 2.70. The van der Waals surface area contributed by atoms with Gasteiger partial charge in [-0.1, -0.05) is 30.3 Å². The number of pyridine rings is 1. The molecule has 0 atom stereocenters. The number of hydrogen-bond acceptors (Lipinski definition) is 3. The molecule has 24 heavy (non-hydrogen) atoms. The second kappa shape index (κ2) is 6.79. The Morgan fingerprint density at radius 1 is 1.12 bits per heavy atom. The van der Waals surface area contributed by atoms with Gasteiger partial charge < -0.3 is 13.9 Å². The summed E-state index contributed by atoms with van der Waals surface area (Å²) in [5.74, 6) is 0.360. The van der Waals surface area contributed by atoms with Crippen molar-refractivity contribution in [3.63, 3.8) is 0 Å². The highest BCUT2D eigenvalue weighted by atomic mass is 16.5. The quantitative estimate of drug-likeness (QED) is 0.666. The molecule has 4 nitrogen and oxygen atoms in total. The number of aromatic nitrogens is 1. The van der Waals surface area contributed by atoms with E-state index in [-0.39, 0.29) is 5.97 Å². The van der Waals surface area contributed by atoms with Crippen molar-refractivity contribution < 1.29 is 14.3 Å². The van der Waals surface area contributed by atoms with E-state index in [9.17, 15) is 4.79 Å². The Bertz CT molecular complexity index is 865. The number of esters is 1. The van der Waals surface area contributed by atoms with E-state index in [0.717, 1.165) is 23.2 Å². The third kappa shape index (κ3) is 2.75. The number of methoxy groups -OCH3 is 1. The number of nitrogens with zero attached hydrogens (tertiary/aromatic N) is 1. The van der Waals surface area contributed by atoms with Gasteiger partial charge in [-0.05, 0) is 37.1 Å². The molecule has 0 fully saturated rings. The zero-order valence-electron chi connectivity index (χ0n) is 14.2. The van der Waals surface area contributed by atoms with Crippen LogP contribution in [-0.2, 0) is 11.2 Å². The van der Waals surface area contributed by atoms with Gasteiger partial charge in [0.05, 0.1) is 19.3 Å². The fourth-order valence-corrected chi connectivity index (χ4v) is 3.08. The summed E-state index contributed by atoms with van der Waals surface area (Å²) < 4.78 is 12.8. The van der Waals surface area contributed by atoms with Crippen molar-refractivity contribution in [1.82, 2.24) is 4.40 Å². The maximum atomic E-state index is 12.5. The van der Waals surface area contributed by atoms with E-state index in [0.29, 0.717) is 17.9 Å². The molecule has 0 amide bonds. The second-order valence-corrected chi connectivity index (χ2v) is 5.62. The monoisotopic (exact) mass is 323 g/mol. The van der Waals surface area contributed by atoms with Gasteiger partial charge in [-0.25, -0.2) is 4.79 Å². The minimum atomic E-state index is -0.309. The average Bonchev–Trinajstić information content (AvgIpc) is 2.88. The smallest absolute Gasteiger partial charge is 0.340 e. The Hall–Kier alpha value is -2.75. The molecule has 0 aliphatic carbocycles. The van der Waals surface area contributed by atoms with Crippen LogP contribution in [0.4, 0.5) is 0 Å². The number of carbonyl (C=O) groups excluding carboxylic acids is 1. The van der Waals surface area contributed by atoms with Crippen LogP contribution in [0.1, 0.15) is 34.1 Å². The second-order valence-electron chi connectivity index (χ2n) is 5.62. The highest BCUT2D eigenvalue weighted by molar-refractivity contribution is 6.01. The van der Waals surface area contributed by atoms with Crippen LogP contribution in [0.5, 0.6) is 5.75 Å². The Balaban J connectivity index is 2.22. The molecule has 0 aliphatic heterocycles. The SMILES string of the molecule is CCOC(=O)c1c(C)c(Cc2ccccc2)n2cccc(OC)c12. The van der Waals surface area contributed by atoms with Gasteiger partial charge in [-0.2, -0.15) is 0 Å². The minimum Gasteiger partial charge on any atom is -0.495 e. The van der Waals surface area contributed by atoms with Crippen LogP contribution in [0.2, 0.25) is 0 Å². The highest BCUT2D eigenvalue weighted by Gasteiger charge is 2.24. The molecule has 124 valence electrons. The van der Waals surface area contributed by atoms with Gasteiger partial charge in [0.25, 0.3) is 0 Å². The lowest BCUT2D eigenvalue weighted by atomic mass is 10.0. The third-order valence-electron chi connectivity index (χ3n) is 4.21. The largest absolute Gasteiger partial charge is 0.495 e. The standard InChI is InChI=1S/C20H21NO3/c1-4-24-20(22)18-14(2)16(13-15-9-6-5-7-10-15)21-12-8-11-17(23-3)19(18)21/h5-12H,4,13H2,1-3H3. The first-order valence-corrected chi connectivity index (χ1v) is 8.04. The van der Waals surface area contributed by atoms with Crippen LogP contribution >= 0.6 is 0 Å². The normalized spacial score (nSPS) is 10.8. The zero-order valence-corrected chi connectivity index (χ0v) is 14.2. The van der Waals surface area contributed by atoms with Crippen LogP contribution < -0.4 is 4.74 Å². The third-order valence-corrected chi connectivity index (χ3v) is 4.21. The fraction of sp³-hybridized carbons (Fsp3) is 0.250. The predicted molar refractivity (Wildman–Crippen MR) is 93.9 cm³/mol. The molecule has 2 heterocycles. The van der Waals surface area contributed by atoms with Crippen LogP contribution in [0.25, 0.3) is 5.52 Å². The Labute approximate surface area is 141 Å². The van der Waals surface area contributed by atoms with Crippen molar-refractivity contribution in [2.45, 2.75) is 20.3 Å². The van der Waals surface area contributed by atoms with Gasteiger partial charge in [0.1, 0.15) is 11.3 Å². The van der Waals surface area contributed by atoms with Crippen molar-refractivity contribution in [3.05, 3.63) is 71.0 Å². The zero-order chi connectivity index (χ0) is 17.1. The lowest BCUT2D eigenvalue weighted by Gasteiger charge is -2.07. The fourth-order valence-electron chi connectivity index (χ4n) is 3.08. The molecule has 0 saturated carbocycles. The number of carbonyl (C=O) groups is 1. The molecule has 0 saturated heterocycles. The molecule has 0 radical (unpaired) electrons. The summed E-state index contributed by atoms with van der Waals surface area (Å²) in [5.41, 5.74) is 4.54. The van der Waals surface area contributed by atoms with Crippen molar-refractivity contribution in [1.29, 1.82) is 0 Å². The van der Waals surface area contributed by atoms with E-state index < -0.39 is 0 Å². The lowest BCUT2D eigenvalue weighted by Crippen LogP contribution is -2.06. The molecule has 0 aliphatic rings. The van der Waals surface area contributed by atoms with E-state index in [1.807, 2.05) is 54.8 Å². The van der Waals surface area contributed by atoms with Crippen LogP contribution in [0.3, 0.4) is 0 Å². The molecule has 1 aromatic carbocycles. The van der Waals surface area contributed by atoms with Crippen molar-refractivity contribution >= 4 is 11.5 Å². The molecule has 0 spiro atoms. The first-order valence-electron chi connectivity index (χ1n) is 8.04. The average molecular weight is 323 g/mol. The molecule has 0 bridgehead atoms. The Morgan fingerprint density at radius 2 is 1.88 bits per heavy atom. The maximum absolute atomic E-state index is 12.5. The first-order chi connectivity index (χ1) is 11.7. The molecule has 0 N–H and O–H groups in total. The van der Waals surface area contributed by atoms with Gasteiger partial charge in [0.2, 0.25) is 0 Å². The number of benzene rings is 1. The van der Waals surface area contributed by atoms with E-state index in [1.54, 1.807) is 7.11 Å². The van der Waals surface area contributed by atoms with Crippen LogP contribution in [0, 0.1) is 6.92 Å². The summed E-state index contributed by atoms with van der Waals surface area (Å²) in [6, 6.07) is 14.0. The maximum Gasteiger partial charge on any atom is 0.340 e. The summed E-state index contributed by atoms with van der Waals surface area (Å²) in [7, 11) is 1.61. The Kier molecular flexibility index (Phi) is 4.56. The lowest BCUT2D eigenvalue weighted by molar-refractivity contribution is 0.0527. The summed E-state index contributed by atoms with van der Waals surface area (Å²) in [5, 5.41) is 0. The van der Waals surface area contributed by atoms with Crippen molar-refractivity contribution in [2.75, 3.05) is 13.7 Å². The van der Waals surface area contributed by atoms with E-state index in [1.165, 1.54) is 5.56 Å². The number of fused-ring (bicyclic) bond motifs is 1. The molecule has 4 heteroatoms. The molecule has 0 unspecified atom stereocenters. The van der Waals surface area contributed by atoms with Gasteiger partial charge in [0, 0.05) is 18.3 Å². The van der Waals surface area contributed by atoms with Crippen LogP contribution in [0.15, 0.2) is 48.7 Å². The van der Waals surface area contributed by atoms with E-state index >= 15 is 0 Å². The van der Waals surface area contributed by atoms with Crippen LogP contribution in [-0.4, -0.2) is 24.1 Å². The number of hydrogen-bond donors (Lipinski definition) is 0.